The number of hydrogen-bond donors (Lipinski definition) is 1. The Balaban J connectivity index is 3.25. The second-order valence-electron chi connectivity index (χ2n) is 10.7. The second-order valence-corrected chi connectivity index (χ2v) is 10.7. The maximum atomic E-state index is 14.0. The smallest absolute Gasteiger partial charge is 0.353 e. The van der Waals surface area contributed by atoms with Crippen LogP contribution in [0.3, 0.4) is 0 Å². The normalized spacial score (nSPS) is 20.7. The SMILES string of the molecule is CC1(C)CC(NC(=O)CCC(F)(F)C(F)(F)C(F)(F)C(F)(F)C(F)(F)C(F)(F)C(F)(F)C(F)(F)F)CC(C)(C)N1[O]. The number of hydroxylamine groups is 2. The number of nitrogens with one attached hydrogen (secondary N) is 1. The maximum absolute atomic E-state index is 14.0. The van der Waals surface area contributed by atoms with Crippen molar-refractivity contribution < 1.29 is 84.6 Å². The predicted molar refractivity (Wildman–Crippen MR) is 102 cm³/mol. The fourth-order valence-electron chi connectivity index (χ4n) is 4.29. The molecule has 1 saturated heterocycles. The van der Waals surface area contributed by atoms with Crippen LogP contribution in [0.2, 0.25) is 0 Å². The molecule has 1 aliphatic heterocycles. The molecule has 0 aromatic rings. The van der Waals surface area contributed by atoms with Gasteiger partial charge in [-0.3, -0.25) is 4.79 Å². The second kappa shape index (κ2) is 10.1. The van der Waals surface area contributed by atoms with Crippen LogP contribution >= 0.6 is 0 Å². The van der Waals surface area contributed by atoms with Gasteiger partial charge in [0.15, 0.2) is 0 Å². The van der Waals surface area contributed by atoms with Gasteiger partial charge in [-0.05, 0) is 40.5 Å². The van der Waals surface area contributed by atoms with E-state index in [2.05, 4.69) is 0 Å². The highest BCUT2D eigenvalue weighted by atomic mass is 19.4. The number of piperidine rings is 1. The van der Waals surface area contributed by atoms with Crippen molar-refractivity contribution in [2.24, 2.45) is 0 Å². The molecule has 0 aromatic heterocycles. The Bertz CT molecular complexity index is 957. The van der Waals surface area contributed by atoms with Crippen LogP contribution in [0.15, 0.2) is 0 Å². The first-order chi connectivity index (χ1) is 17.6. The van der Waals surface area contributed by atoms with Crippen LogP contribution in [-0.4, -0.2) is 75.7 Å². The molecule has 4 nitrogen and oxygen atoms in total. The highest BCUT2D eigenvalue weighted by Gasteiger charge is 2.95. The van der Waals surface area contributed by atoms with Crippen molar-refractivity contribution in [3.63, 3.8) is 0 Å². The highest BCUT2D eigenvalue weighted by Crippen LogP contribution is 2.64. The zero-order chi connectivity index (χ0) is 33.3. The molecule has 1 rings (SSSR count). The van der Waals surface area contributed by atoms with Crippen LogP contribution in [0, 0.1) is 0 Å². The van der Waals surface area contributed by atoms with Gasteiger partial charge in [0.1, 0.15) is 0 Å². The summed E-state index contributed by atoms with van der Waals surface area (Å²) < 4.78 is 227. The molecule has 0 aliphatic carbocycles. The minimum Gasteiger partial charge on any atom is -0.353 e. The molecule has 0 atom stereocenters. The molecular weight excluding hydrogens is 623 g/mol. The standard InChI is InChI=1S/C20H22F17N2O2/c1-11(2)7-9(8-12(3,4)39(11)41)38-10(40)5-6-13(21,22)14(23,24)15(25,26)16(27,28)17(29,30)18(31,32)19(33,34)20(35,36)37/h9H,5-8H2,1-4H3,(H,38,40). The third-order valence-electron chi connectivity index (χ3n) is 6.41. The first-order valence-electron chi connectivity index (χ1n) is 11.1. The number of rotatable bonds is 10. The van der Waals surface area contributed by atoms with E-state index in [4.69, 9.17) is 0 Å². The summed E-state index contributed by atoms with van der Waals surface area (Å²) in [6, 6.07) is -1.02. The average molecular weight is 645 g/mol. The molecule has 1 radical (unpaired) electrons. The van der Waals surface area contributed by atoms with Gasteiger partial charge in [0, 0.05) is 30.0 Å². The summed E-state index contributed by atoms with van der Waals surface area (Å²) in [6.07, 6.45) is -12.9. The molecule has 1 amide bonds. The molecular formula is C20H22F17N2O2. The summed E-state index contributed by atoms with van der Waals surface area (Å²) in [7, 11) is 0. The lowest BCUT2D eigenvalue weighted by molar-refractivity contribution is -0.461. The molecule has 21 heteroatoms. The van der Waals surface area contributed by atoms with Crippen molar-refractivity contribution in [2.75, 3.05) is 0 Å². The van der Waals surface area contributed by atoms with E-state index in [-0.39, 0.29) is 12.8 Å². The molecule has 0 bridgehead atoms. The Morgan fingerprint density at radius 2 is 0.951 bits per heavy atom. The van der Waals surface area contributed by atoms with Gasteiger partial charge in [0.2, 0.25) is 5.91 Å². The summed E-state index contributed by atoms with van der Waals surface area (Å²) >= 11 is 0. The van der Waals surface area contributed by atoms with E-state index in [0.717, 1.165) is 0 Å². The third-order valence-corrected chi connectivity index (χ3v) is 6.41. The van der Waals surface area contributed by atoms with Gasteiger partial charge >= 0.3 is 47.6 Å². The number of hydrogen-bond acceptors (Lipinski definition) is 2. The predicted octanol–water partition coefficient (Wildman–Crippen LogP) is 7.26. The number of nitrogens with zero attached hydrogens (tertiary/aromatic N) is 1. The van der Waals surface area contributed by atoms with Gasteiger partial charge in [-0.25, -0.2) is 0 Å². The van der Waals surface area contributed by atoms with E-state index < -0.39 is 83.5 Å². The van der Waals surface area contributed by atoms with Crippen LogP contribution in [-0.2, 0) is 10.0 Å². The lowest BCUT2D eigenvalue weighted by atomic mass is 9.79. The molecule has 1 heterocycles. The molecule has 0 aromatic carbocycles. The number of alkyl halides is 17. The lowest BCUT2D eigenvalue weighted by Gasteiger charge is -2.50. The van der Waals surface area contributed by atoms with Gasteiger partial charge in [0.05, 0.1) is 0 Å². The van der Waals surface area contributed by atoms with Crippen molar-refractivity contribution in [2.45, 2.75) is 118 Å². The Morgan fingerprint density at radius 3 is 1.29 bits per heavy atom. The van der Waals surface area contributed by atoms with Crippen LogP contribution < -0.4 is 5.32 Å². The van der Waals surface area contributed by atoms with Gasteiger partial charge in [-0.15, -0.1) is 10.3 Å². The summed E-state index contributed by atoms with van der Waals surface area (Å²) in [6.45, 7) is 5.56. The summed E-state index contributed by atoms with van der Waals surface area (Å²) in [4.78, 5) is 12.0. The molecule has 0 unspecified atom stereocenters. The molecule has 1 aliphatic rings. The lowest BCUT2D eigenvalue weighted by Crippen LogP contribution is -2.74. The first kappa shape index (κ1) is 37.2. The number of halogens is 17. The summed E-state index contributed by atoms with van der Waals surface area (Å²) in [5.74, 6) is -58.6. The van der Waals surface area contributed by atoms with E-state index in [0.29, 0.717) is 5.06 Å². The van der Waals surface area contributed by atoms with Gasteiger partial charge in [-0.1, -0.05) is 0 Å². The molecule has 243 valence electrons. The van der Waals surface area contributed by atoms with E-state index in [1.54, 1.807) is 0 Å². The van der Waals surface area contributed by atoms with Crippen molar-refractivity contribution in [3.8, 4) is 0 Å². The van der Waals surface area contributed by atoms with E-state index >= 15 is 0 Å². The fraction of sp³-hybridized carbons (Fsp3) is 0.950. The zero-order valence-electron chi connectivity index (χ0n) is 21.1. The number of amides is 1. The minimum absolute atomic E-state index is 0.172. The molecule has 41 heavy (non-hydrogen) atoms. The van der Waals surface area contributed by atoms with Crippen LogP contribution in [0.25, 0.3) is 0 Å². The van der Waals surface area contributed by atoms with Crippen molar-refractivity contribution in [1.29, 1.82) is 0 Å². The Labute approximate surface area is 220 Å². The third kappa shape index (κ3) is 5.76. The Hall–Kier alpha value is -1.80. The minimum atomic E-state index is -8.70. The average Bonchev–Trinajstić information content (AvgIpc) is 2.74. The van der Waals surface area contributed by atoms with Crippen LogP contribution in [0.1, 0.15) is 53.4 Å². The van der Waals surface area contributed by atoms with E-state index in [1.807, 2.05) is 5.32 Å². The molecule has 0 saturated carbocycles. The van der Waals surface area contributed by atoms with Crippen LogP contribution in [0.4, 0.5) is 74.6 Å². The van der Waals surface area contributed by atoms with Crippen molar-refractivity contribution >= 4 is 5.91 Å². The maximum Gasteiger partial charge on any atom is 0.460 e. The van der Waals surface area contributed by atoms with Gasteiger partial charge < -0.3 is 5.32 Å². The summed E-state index contributed by atoms with van der Waals surface area (Å²) in [5, 5.41) is 14.9. The largest absolute Gasteiger partial charge is 0.460 e. The molecule has 1 fully saturated rings. The zero-order valence-corrected chi connectivity index (χ0v) is 21.1. The Morgan fingerprint density at radius 1 is 0.634 bits per heavy atom. The van der Waals surface area contributed by atoms with Gasteiger partial charge in [0.25, 0.3) is 0 Å². The Kier molecular flexibility index (Phi) is 9.21. The molecule has 0 spiro atoms. The highest BCUT2D eigenvalue weighted by molar-refractivity contribution is 5.76. The number of carbonyl (C=O) groups excluding carboxylic acids is 1. The van der Waals surface area contributed by atoms with Crippen LogP contribution in [0.5, 0.6) is 0 Å². The molecule has 1 N–H and O–H groups in total. The topological polar surface area (TPSA) is 52.2 Å². The first-order valence-corrected chi connectivity index (χ1v) is 11.1. The number of carbonyl (C=O) groups is 1. The monoisotopic (exact) mass is 645 g/mol. The van der Waals surface area contributed by atoms with Crippen molar-refractivity contribution in [1.82, 2.24) is 10.4 Å². The van der Waals surface area contributed by atoms with E-state index in [1.165, 1.54) is 27.7 Å². The van der Waals surface area contributed by atoms with Gasteiger partial charge in [-0.2, -0.15) is 74.6 Å². The van der Waals surface area contributed by atoms with E-state index in [9.17, 15) is 84.6 Å². The fourth-order valence-corrected chi connectivity index (χ4v) is 4.29. The van der Waals surface area contributed by atoms with Crippen molar-refractivity contribution in [3.05, 3.63) is 0 Å². The quantitative estimate of drug-likeness (QED) is 0.255. The summed E-state index contributed by atoms with van der Waals surface area (Å²) in [5.41, 5.74) is -2.39.